The van der Waals surface area contributed by atoms with E-state index in [0.717, 1.165) is 30.6 Å². The Hall–Kier alpha value is -1.37. The van der Waals surface area contributed by atoms with Crippen molar-refractivity contribution in [2.24, 2.45) is 0 Å². The van der Waals surface area contributed by atoms with Gasteiger partial charge in [0.2, 0.25) is 5.91 Å². The standard InChI is InChI=1S/C21H24ClNO3S2/c22-17-7-2-1-6-16(17)18-9-12-23(13-15-28(18,25)26)20(24)21(10-3-4-11-21)19-8-5-14-27-19/h1-2,5-8,14,18H,3-4,9-13,15H2/t18-/m1/s1. The number of benzene rings is 1. The Morgan fingerprint density at radius 2 is 1.86 bits per heavy atom. The molecule has 0 spiro atoms. The number of thiophene rings is 1. The summed E-state index contributed by atoms with van der Waals surface area (Å²) in [6, 6.07) is 11.2. The van der Waals surface area contributed by atoms with Crippen LogP contribution in [0, 0.1) is 0 Å². The number of hydrogen-bond donors (Lipinski definition) is 0. The summed E-state index contributed by atoms with van der Waals surface area (Å²) in [4.78, 5) is 16.5. The van der Waals surface area contributed by atoms with E-state index >= 15 is 0 Å². The van der Waals surface area contributed by atoms with Crippen molar-refractivity contribution in [2.75, 3.05) is 18.8 Å². The van der Waals surface area contributed by atoms with Crippen LogP contribution in [0.2, 0.25) is 5.02 Å². The molecule has 4 rings (SSSR count). The first kappa shape index (κ1) is 19.9. The second-order valence-electron chi connectivity index (χ2n) is 7.72. The highest BCUT2D eigenvalue weighted by molar-refractivity contribution is 7.91. The maximum absolute atomic E-state index is 13.6. The lowest BCUT2D eigenvalue weighted by molar-refractivity contribution is -0.137. The van der Waals surface area contributed by atoms with Crippen molar-refractivity contribution in [3.63, 3.8) is 0 Å². The van der Waals surface area contributed by atoms with E-state index in [9.17, 15) is 13.2 Å². The molecule has 2 heterocycles. The van der Waals surface area contributed by atoms with Gasteiger partial charge in [-0.1, -0.05) is 48.7 Å². The molecule has 0 N–H and O–H groups in total. The van der Waals surface area contributed by atoms with Crippen molar-refractivity contribution in [3.8, 4) is 0 Å². The lowest BCUT2D eigenvalue weighted by Gasteiger charge is -2.33. The fraction of sp³-hybridized carbons (Fsp3) is 0.476. The second kappa shape index (κ2) is 7.81. The van der Waals surface area contributed by atoms with E-state index in [-0.39, 0.29) is 18.2 Å². The van der Waals surface area contributed by atoms with Crippen molar-refractivity contribution in [1.82, 2.24) is 4.90 Å². The van der Waals surface area contributed by atoms with Crippen LogP contribution in [-0.4, -0.2) is 38.1 Å². The van der Waals surface area contributed by atoms with Crippen LogP contribution >= 0.6 is 22.9 Å². The summed E-state index contributed by atoms with van der Waals surface area (Å²) in [6.07, 6.45) is 4.17. The lowest BCUT2D eigenvalue weighted by Crippen LogP contribution is -2.46. The topological polar surface area (TPSA) is 54.5 Å². The predicted molar refractivity (Wildman–Crippen MR) is 114 cm³/mol. The average molecular weight is 438 g/mol. The number of halogens is 1. The fourth-order valence-corrected chi connectivity index (χ4v) is 7.76. The van der Waals surface area contributed by atoms with Crippen LogP contribution in [0.1, 0.15) is 47.8 Å². The van der Waals surface area contributed by atoms with Crippen LogP contribution in [0.15, 0.2) is 41.8 Å². The molecular formula is C21H24ClNO3S2. The molecule has 1 aromatic heterocycles. The van der Waals surface area contributed by atoms with Crippen molar-refractivity contribution in [1.29, 1.82) is 0 Å². The van der Waals surface area contributed by atoms with E-state index in [1.165, 1.54) is 0 Å². The quantitative estimate of drug-likeness (QED) is 0.704. The molecule has 1 saturated carbocycles. The van der Waals surface area contributed by atoms with Crippen LogP contribution in [0.5, 0.6) is 0 Å². The molecule has 0 unspecified atom stereocenters. The van der Waals surface area contributed by atoms with Gasteiger partial charge in [-0.25, -0.2) is 8.42 Å². The zero-order valence-electron chi connectivity index (χ0n) is 15.6. The summed E-state index contributed by atoms with van der Waals surface area (Å²) in [5, 5.41) is 1.84. The van der Waals surface area contributed by atoms with Crippen LogP contribution in [0.25, 0.3) is 0 Å². The Kier molecular flexibility index (Phi) is 5.55. The summed E-state index contributed by atoms with van der Waals surface area (Å²) >= 11 is 7.92. The van der Waals surface area contributed by atoms with Gasteiger partial charge < -0.3 is 4.90 Å². The molecule has 1 saturated heterocycles. The highest BCUT2D eigenvalue weighted by Crippen LogP contribution is 2.45. The van der Waals surface area contributed by atoms with Gasteiger partial charge in [0.05, 0.1) is 16.4 Å². The van der Waals surface area contributed by atoms with Gasteiger partial charge in [0, 0.05) is 23.0 Å². The Balaban J connectivity index is 1.61. The van der Waals surface area contributed by atoms with Gasteiger partial charge in [0.25, 0.3) is 0 Å². The highest BCUT2D eigenvalue weighted by Gasteiger charge is 2.46. The molecular weight excluding hydrogens is 414 g/mol. The third-order valence-electron chi connectivity index (χ3n) is 6.14. The summed E-state index contributed by atoms with van der Waals surface area (Å²) in [7, 11) is -3.37. The molecule has 2 aliphatic rings. The van der Waals surface area contributed by atoms with Gasteiger partial charge in [-0.05, 0) is 42.3 Å². The minimum absolute atomic E-state index is 0.0187. The third kappa shape index (κ3) is 3.51. The first-order chi connectivity index (χ1) is 13.4. The van der Waals surface area contributed by atoms with Crippen LogP contribution < -0.4 is 0 Å². The SMILES string of the molecule is O=C(N1CC[C@H](c2ccccc2Cl)S(=O)(=O)CC1)C1(c2cccs2)CCCC1. The zero-order chi connectivity index (χ0) is 19.8. The zero-order valence-corrected chi connectivity index (χ0v) is 18.0. The molecule has 28 heavy (non-hydrogen) atoms. The minimum atomic E-state index is -3.37. The number of amides is 1. The molecule has 0 radical (unpaired) electrons. The Labute approximate surface area is 175 Å². The maximum atomic E-state index is 13.6. The smallest absolute Gasteiger partial charge is 0.234 e. The van der Waals surface area contributed by atoms with E-state index in [1.807, 2.05) is 17.5 Å². The first-order valence-corrected chi connectivity index (χ1v) is 12.7. The molecule has 2 fully saturated rings. The summed E-state index contributed by atoms with van der Waals surface area (Å²) < 4.78 is 25.9. The van der Waals surface area contributed by atoms with Gasteiger partial charge in [-0.3, -0.25) is 4.79 Å². The number of carbonyl (C=O) groups is 1. The highest BCUT2D eigenvalue weighted by atomic mass is 35.5. The van der Waals surface area contributed by atoms with Crippen LogP contribution in [0.4, 0.5) is 0 Å². The van der Waals surface area contributed by atoms with Crippen molar-refractivity contribution in [2.45, 2.75) is 42.8 Å². The molecule has 2 aromatic rings. The fourth-order valence-electron chi connectivity index (χ4n) is 4.63. The number of nitrogens with zero attached hydrogens (tertiary/aromatic N) is 1. The second-order valence-corrected chi connectivity index (χ2v) is 11.4. The summed E-state index contributed by atoms with van der Waals surface area (Å²) in [5.74, 6) is 0.0808. The van der Waals surface area contributed by atoms with Crippen molar-refractivity contribution in [3.05, 3.63) is 57.2 Å². The summed E-state index contributed by atoms with van der Waals surface area (Å²) in [5.41, 5.74) is 0.176. The van der Waals surface area contributed by atoms with Crippen molar-refractivity contribution < 1.29 is 13.2 Å². The Morgan fingerprint density at radius 1 is 1.11 bits per heavy atom. The maximum Gasteiger partial charge on any atom is 0.234 e. The molecule has 1 aromatic carbocycles. The molecule has 1 amide bonds. The molecule has 1 atom stereocenters. The van der Waals surface area contributed by atoms with Gasteiger partial charge in [0.1, 0.15) is 0 Å². The molecule has 7 heteroatoms. The van der Waals surface area contributed by atoms with Gasteiger partial charge in [0.15, 0.2) is 9.84 Å². The lowest BCUT2D eigenvalue weighted by atomic mass is 9.82. The van der Waals surface area contributed by atoms with Crippen LogP contribution in [0.3, 0.4) is 0 Å². The Morgan fingerprint density at radius 3 is 2.54 bits per heavy atom. The molecule has 1 aliphatic carbocycles. The Bertz CT molecular complexity index is 950. The van der Waals surface area contributed by atoms with Gasteiger partial charge in [-0.15, -0.1) is 11.3 Å². The van der Waals surface area contributed by atoms with E-state index in [1.54, 1.807) is 34.4 Å². The van der Waals surface area contributed by atoms with Crippen molar-refractivity contribution >= 4 is 38.7 Å². The monoisotopic (exact) mass is 437 g/mol. The molecule has 0 bridgehead atoms. The third-order valence-corrected chi connectivity index (χ3v) is 9.67. The number of hydrogen-bond acceptors (Lipinski definition) is 4. The van der Waals surface area contributed by atoms with Gasteiger partial charge >= 0.3 is 0 Å². The average Bonchev–Trinajstić information content (AvgIpc) is 3.34. The molecule has 150 valence electrons. The number of carbonyl (C=O) groups excluding carboxylic acids is 1. The predicted octanol–water partition coefficient (Wildman–Crippen LogP) is 4.60. The van der Waals surface area contributed by atoms with E-state index in [0.29, 0.717) is 23.6 Å². The first-order valence-electron chi connectivity index (χ1n) is 9.73. The normalized spacial score (nSPS) is 24.0. The number of sulfone groups is 1. The largest absolute Gasteiger partial charge is 0.341 e. The van der Waals surface area contributed by atoms with E-state index < -0.39 is 20.5 Å². The number of rotatable bonds is 3. The molecule has 4 nitrogen and oxygen atoms in total. The summed E-state index contributed by atoms with van der Waals surface area (Å²) in [6.45, 7) is 0.705. The van der Waals surface area contributed by atoms with Gasteiger partial charge in [-0.2, -0.15) is 0 Å². The van der Waals surface area contributed by atoms with Crippen LogP contribution in [-0.2, 0) is 20.0 Å². The van der Waals surface area contributed by atoms with E-state index in [4.69, 9.17) is 11.6 Å². The van der Waals surface area contributed by atoms with E-state index in [2.05, 4.69) is 6.07 Å². The minimum Gasteiger partial charge on any atom is -0.341 e. The molecule has 1 aliphatic heterocycles.